The van der Waals surface area contributed by atoms with Gasteiger partial charge in [0.25, 0.3) is 11.6 Å². The third-order valence-corrected chi connectivity index (χ3v) is 4.25. The topological polar surface area (TPSA) is 92.5 Å². The summed E-state index contributed by atoms with van der Waals surface area (Å²) < 4.78 is 0. The number of amides is 1. The number of rotatable bonds is 6. The molecule has 132 valence electrons. The number of hydrogen-bond donors (Lipinski definition) is 2. The Morgan fingerprint density at radius 3 is 2.28 bits per heavy atom. The fourth-order valence-corrected chi connectivity index (χ4v) is 3.03. The van der Waals surface area contributed by atoms with Gasteiger partial charge in [-0.15, -0.1) is 0 Å². The normalized spacial score (nSPS) is 10.6. The lowest BCUT2D eigenvalue weighted by Gasteiger charge is -2.12. The summed E-state index contributed by atoms with van der Waals surface area (Å²) in [6, 6.07) is 9.17. The van der Waals surface area contributed by atoms with Gasteiger partial charge in [-0.2, -0.15) is 0 Å². The van der Waals surface area contributed by atoms with Crippen LogP contribution >= 0.6 is 0 Å². The lowest BCUT2D eigenvalue weighted by Crippen LogP contribution is -2.27. The molecule has 0 radical (unpaired) electrons. The lowest BCUT2D eigenvalue weighted by molar-refractivity contribution is -0.386. The van der Waals surface area contributed by atoms with Crippen LogP contribution in [0.15, 0.2) is 30.3 Å². The Balaban J connectivity index is 2.10. The van der Waals surface area contributed by atoms with E-state index >= 15 is 0 Å². The summed E-state index contributed by atoms with van der Waals surface area (Å²) >= 11 is 0. The molecular weight excluding hydrogens is 320 g/mol. The number of hydrogen-bond acceptors (Lipinski definition) is 4. The van der Waals surface area contributed by atoms with Gasteiger partial charge in [0.2, 0.25) is 0 Å². The maximum absolute atomic E-state index is 12.5. The maximum Gasteiger partial charge on any atom is 0.275 e. The summed E-state index contributed by atoms with van der Waals surface area (Å²) in [5.74, 6) is -0.301. The lowest BCUT2D eigenvalue weighted by atomic mass is 9.96. The van der Waals surface area contributed by atoms with Gasteiger partial charge in [0, 0.05) is 17.7 Å². The van der Waals surface area contributed by atoms with Gasteiger partial charge in [-0.05, 0) is 49.9 Å². The molecule has 0 spiro atoms. The second-order valence-electron chi connectivity index (χ2n) is 6.10. The maximum atomic E-state index is 12.5. The Hall–Kier alpha value is -2.73. The highest BCUT2D eigenvalue weighted by molar-refractivity contribution is 5.98. The number of carbonyl (C=O) groups is 1. The van der Waals surface area contributed by atoms with Crippen molar-refractivity contribution in [3.63, 3.8) is 0 Å². The number of carbonyl (C=O) groups excluding carboxylic acids is 1. The molecule has 0 atom stereocenters. The van der Waals surface area contributed by atoms with Crippen molar-refractivity contribution in [2.24, 2.45) is 0 Å². The van der Waals surface area contributed by atoms with Crippen LogP contribution in [0.4, 0.5) is 5.69 Å². The number of benzene rings is 2. The van der Waals surface area contributed by atoms with Crippen molar-refractivity contribution in [3.8, 4) is 0 Å². The van der Waals surface area contributed by atoms with E-state index in [-0.39, 0.29) is 18.2 Å². The average molecular weight is 342 g/mol. The summed E-state index contributed by atoms with van der Waals surface area (Å²) in [6.45, 7) is 5.50. The van der Waals surface area contributed by atoms with E-state index in [1.54, 1.807) is 26.8 Å². The number of nitrogens with one attached hydrogen (secondary N) is 1. The highest BCUT2D eigenvalue weighted by Gasteiger charge is 2.23. The van der Waals surface area contributed by atoms with Crippen LogP contribution in [0.25, 0.3) is 0 Å². The summed E-state index contributed by atoms with van der Waals surface area (Å²) in [5.41, 5.74) is 3.92. The first-order chi connectivity index (χ1) is 11.8. The predicted molar refractivity (Wildman–Crippen MR) is 95.7 cm³/mol. The molecule has 0 saturated heterocycles. The van der Waals surface area contributed by atoms with Crippen molar-refractivity contribution < 1.29 is 14.8 Å². The molecule has 0 fully saturated rings. The molecule has 0 unspecified atom stereocenters. The van der Waals surface area contributed by atoms with Gasteiger partial charge < -0.3 is 10.4 Å². The highest BCUT2D eigenvalue weighted by Crippen LogP contribution is 2.28. The number of aliphatic hydroxyl groups is 1. The molecule has 0 bridgehead atoms. The van der Waals surface area contributed by atoms with Crippen LogP contribution in [-0.2, 0) is 13.0 Å². The molecule has 2 rings (SSSR count). The second-order valence-corrected chi connectivity index (χ2v) is 6.10. The monoisotopic (exact) mass is 342 g/mol. The van der Waals surface area contributed by atoms with Crippen LogP contribution < -0.4 is 5.32 Å². The summed E-state index contributed by atoms with van der Waals surface area (Å²) in [7, 11) is 0. The van der Waals surface area contributed by atoms with Crippen molar-refractivity contribution >= 4 is 11.6 Å². The van der Waals surface area contributed by atoms with Crippen LogP contribution in [0.1, 0.15) is 38.2 Å². The minimum absolute atomic E-state index is 0.00176. The molecule has 6 heteroatoms. The van der Waals surface area contributed by atoms with Gasteiger partial charge in [-0.25, -0.2) is 0 Å². The van der Waals surface area contributed by atoms with E-state index in [1.165, 1.54) is 0 Å². The molecule has 6 nitrogen and oxygen atoms in total. The molecule has 0 aliphatic heterocycles. The van der Waals surface area contributed by atoms with Gasteiger partial charge in [0.1, 0.15) is 0 Å². The average Bonchev–Trinajstić information content (AvgIpc) is 2.54. The summed E-state index contributed by atoms with van der Waals surface area (Å²) in [5, 5.41) is 23.1. The number of nitrogens with zero attached hydrogens (tertiary/aromatic N) is 1. The molecular formula is C19H22N2O4. The van der Waals surface area contributed by atoms with E-state index in [1.807, 2.05) is 24.3 Å². The number of aryl methyl sites for hydroxylation is 2. The van der Waals surface area contributed by atoms with E-state index in [4.69, 9.17) is 5.11 Å². The zero-order chi connectivity index (χ0) is 18.6. The van der Waals surface area contributed by atoms with Crippen molar-refractivity contribution in [2.45, 2.75) is 33.8 Å². The largest absolute Gasteiger partial charge is 0.392 e. The minimum atomic E-state index is -0.441. The van der Waals surface area contributed by atoms with Crippen molar-refractivity contribution in [1.29, 1.82) is 0 Å². The van der Waals surface area contributed by atoms with E-state index in [2.05, 4.69) is 5.32 Å². The SMILES string of the molecule is Cc1cc(C)c([N+](=O)[O-])c(C)c1C(=O)NCCc1ccc(CO)cc1. The van der Waals surface area contributed by atoms with Crippen molar-refractivity contribution in [3.05, 3.63) is 73.8 Å². The highest BCUT2D eigenvalue weighted by atomic mass is 16.6. The zero-order valence-electron chi connectivity index (χ0n) is 14.6. The molecule has 2 aromatic rings. The van der Waals surface area contributed by atoms with Gasteiger partial charge in [0.15, 0.2) is 0 Å². The number of nitro benzene ring substituents is 1. The molecule has 0 aliphatic carbocycles. The smallest absolute Gasteiger partial charge is 0.275 e. The Morgan fingerprint density at radius 2 is 1.72 bits per heavy atom. The molecule has 0 aromatic heterocycles. The molecule has 0 aliphatic rings. The van der Waals surface area contributed by atoms with Crippen LogP contribution in [0.2, 0.25) is 0 Å². The molecule has 0 heterocycles. The third kappa shape index (κ3) is 4.22. The number of aliphatic hydroxyl groups excluding tert-OH is 1. The number of nitro groups is 1. The molecule has 0 saturated carbocycles. The van der Waals surface area contributed by atoms with E-state index in [0.29, 0.717) is 29.7 Å². The first-order valence-electron chi connectivity index (χ1n) is 8.07. The van der Waals surface area contributed by atoms with E-state index in [9.17, 15) is 14.9 Å². The van der Waals surface area contributed by atoms with E-state index < -0.39 is 4.92 Å². The van der Waals surface area contributed by atoms with Crippen LogP contribution in [0.5, 0.6) is 0 Å². The zero-order valence-corrected chi connectivity index (χ0v) is 14.6. The van der Waals surface area contributed by atoms with Gasteiger partial charge in [-0.3, -0.25) is 14.9 Å². The molecule has 25 heavy (non-hydrogen) atoms. The van der Waals surface area contributed by atoms with Gasteiger partial charge in [-0.1, -0.05) is 24.3 Å². The molecule has 1 amide bonds. The molecule has 2 N–H and O–H groups in total. The van der Waals surface area contributed by atoms with Crippen molar-refractivity contribution in [2.75, 3.05) is 6.54 Å². The second kappa shape index (κ2) is 7.90. The third-order valence-electron chi connectivity index (χ3n) is 4.25. The first kappa shape index (κ1) is 18.6. The standard InChI is InChI=1S/C19H22N2O4/c1-12-10-13(2)18(21(24)25)14(3)17(12)19(23)20-9-8-15-4-6-16(11-22)7-5-15/h4-7,10,22H,8-9,11H2,1-3H3,(H,20,23). The van der Waals surface area contributed by atoms with Crippen LogP contribution in [-0.4, -0.2) is 22.5 Å². The fraction of sp³-hybridized carbons (Fsp3) is 0.316. The minimum Gasteiger partial charge on any atom is -0.392 e. The Kier molecular flexibility index (Phi) is 5.88. The Labute approximate surface area is 146 Å². The van der Waals surface area contributed by atoms with Gasteiger partial charge >= 0.3 is 0 Å². The van der Waals surface area contributed by atoms with Crippen molar-refractivity contribution in [1.82, 2.24) is 5.32 Å². The fourth-order valence-electron chi connectivity index (χ4n) is 3.03. The Bertz CT molecular complexity index is 798. The molecule has 2 aromatic carbocycles. The summed E-state index contributed by atoms with van der Waals surface area (Å²) in [4.78, 5) is 23.3. The van der Waals surface area contributed by atoms with Crippen LogP contribution in [0, 0.1) is 30.9 Å². The van der Waals surface area contributed by atoms with E-state index in [0.717, 1.165) is 16.7 Å². The quantitative estimate of drug-likeness (QED) is 0.623. The summed E-state index contributed by atoms with van der Waals surface area (Å²) in [6.07, 6.45) is 0.642. The first-order valence-corrected chi connectivity index (χ1v) is 8.07. The predicted octanol–water partition coefficient (Wildman–Crippen LogP) is 2.98. The van der Waals surface area contributed by atoms with Crippen LogP contribution in [0.3, 0.4) is 0 Å². The van der Waals surface area contributed by atoms with Gasteiger partial charge in [0.05, 0.1) is 17.1 Å². The Morgan fingerprint density at radius 1 is 1.12 bits per heavy atom.